The number of nitrogens with one attached hydrogen (secondary N) is 2. The summed E-state index contributed by atoms with van der Waals surface area (Å²) in [5.41, 5.74) is 8.79. The highest BCUT2D eigenvalue weighted by molar-refractivity contribution is 6.12. The average Bonchev–Trinajstić information content (AvgIpc) is 2.84. The molecule has 0 saturated heterocycles. The Hall–Kier alpha value is -4.13. The average molecular weight is 488 g/mol. The van der Waals surface area contributed by atoms with Gasteiger partial charge in [0.05, 0.1) is 10.9 Å². The van der Waals surface area contributed by atoms with Crippen molar-refractivity contribution in [3.8, 4) is 11.3 Å². The molecule has 0 aromatic heterocycles. The van der Waals surface area contributed by atoms with Crippen LogP contribution in [0.25, 0.3) is 27.9 Å². The molecule has 2 aliphatic rings. The first-order valence-electron chi connectivity index (χ1n) is 12.2. The van der Waals surface area contributed by atoms with Crippen LogP contribution in [0.3, 0.4) is 0 Å². The zero-order valence-electron chi connectivity index (χ0n) is 20.8. The Balaban J connectivity index is 1.95. The van der Waals surface area contributed by atoms with Crippen molar-refractivity contribution >= 4 is 34.1 Å². The molecule has 188 valence electrons. The predicted molar refractivity (Wildman–Crippen MR) is 143 cm³/mol. The van der Waals surface area contributed by atoms with Crippen molar-refractivity contribution in [2.45, 2.75) is 46.0 Å². The number of hydrogen-bond donors (Lipinski definition) is 4. The number of aliphatic carboxylic acids is 1. The standard InChI is InChI=1S/C29H33N3O4/c1-3-5-6-7-8-16-32-27(33)11-9-10-22(29(34)35)21(4-2)28-23-14-12-19(30)17-25(23)36-26-18-20(31)13-15-24(26)28/h4,9-15,17-18,30H,3,5-8,16,31H2,1-2H3,(H,32,33)(H,34,35)/b11-9+,21-4+,22-10+,30-19?. The second-order valence-corrected chi connectivity index (χ2v) is 8.60. The van der Waals surface area contributed by atoms with E-state index in [2.05, 4.69) is 12.2 Å². The van der Waals surface area contributed by atoms with E-state index in [0.29, 0.717) is 45.7 Å². The highest BCUT2D eigenvalue weighted by atomic mass is 16.4. The third-order valence-corrected chi connectivity index (χ3v) is 5.91. The number of nitrogens with two attached hydrogens (primary N) is 1. The van der Waals surface area contributed by atoms with Crippen molar-refractivity contribution in [3.63, 3.8) is 0 Å². The molecular formula is C29H33N3O4. The first-order chi connectivity index (χ1) is 17.3. The number of rotatable bonds is 11. The smallest absolute Gasteiger partial charge is 0.336 e. The van der Waals surface area contributed by atoms with E-state index in [0.717, 1.165) is 19.3 Å². The van der Waals surface area contributed by atoms with Crippen molar-refractivity contribution < 1.29 is 19.1 Å². The van der Waals surface area contributed by atoms with Crippen LogP contribution < -0.4 is 16.4 Å². The van der Waals surface area contributed by atoms with Crippen LogP contribution in [0.15, 0.2) is 70.7 Å². The zero-order valence-corrected chi connectivity index (χ0v) is 20.8. The summed E-state index contributed by atoms with van der Waals surface area (Å²) in [6.45, 7) is 4.51. The van der Waals surface area contributed by atoms with E-state index in [1.807, 2.05) is 0 Å². The maximum Gasteiger partial charge on any atom is 0.336 e. The van der Waals surface area contributed by atoms with Gasteiger partial charge in [-0.1, -0.05) is 44.8 Å². The number of allylic oxidation sites excluding steroid dienone is 3. The van der Waals surface area contributed by atoms with Crippen molar-refractivity contribution in [2.24, 2.45) is 0 Å². The van der Waals surface area contributed by atoms with Gasteiger partial charge in [-0.25, -0.2) is 4.79 Å². The Morgan fingerprint density at radius 1 is 1.11 bits per heavy atom. The van der Waals surface area contributed by atoms with Gasteiger partial charge in [-0.2, -0.15) is 0 Å². The molecule has 36 heavy (non-hydrogen) atoms. The summed E-state index contributed by atoms with van der Waals surface area (Å²) in [5.74, 6) is -0.936. The van der Waals surface area contributed by atoms with E-state index in [1.54, 1.807) is 49.4 Å². The molecule has 7 nitrogen and oxygen atoms in total. The Morgan fingerprint density at radius 2 is 1.89 bits per heavy atom. The lowest BCUT2D eigenvalue weighted by Crippen LogP contribution is -2.21. The Kier molecular flexibility index (Phi) is 9.22. The van der Waals surface area contributed by atoms with Gasteiger partial charge in [0.1, 0.15) is 11.3 Å². The minimum Gasteiger partial charge on any atom is -0.478 e. The predicted octanol–water partition coefficient (Wildman–Crippen LogP) is 5.66. The lowest BCUT2D eigenvalue weighted by molar-refractivity contribution is -0.132. The van der Waals surface area contributed by atoms with Crippen LogP contribution in [0.2, 0.25) is 0 Å². The second kappa shape index (κ2) is 12.5. The van der Waals surface area contributed by atoms with Crippen molar-refractivity contribution in [1.29, 1.82) is 5.41 Å². The van der Waals surface area contributed by atoms with Gasteiger partial charge in [0.2, 0.25) is 5.91 Å². The molecular weight excluding hydrogens is 454 g/mol. The monoisotopic (exact) mass is 487 g/mol. The van der Waals surface area contributed by atoms with Gasteiger partial charge >= 0.3 is 5.97 Å². The minimum atomic E-state index is -1.13. The molecule has 0 fully saturated rings. The van der Waals surface area contributed by atoms with Crippen molar-refractivity contribution in [3.05, 3.63) is 77.2 Å². The summed E-state index contributed by atoms with van der Waals surface area (Å²) < 4.78 is 6.00. The summed E-state index contributed by atoms with van der Waals surface area (Å²) in [4.78, 5) is 24.5. The third-order valence-electron chi connectivity index (χ3n) is 5.91. The number of carboxylic acid groups (broad SMARTS) is 1. The molecule has 1 aromatic rings. The molecule has 3 rings (SSSR count). The van der Waals surface area contributed by atoms with E-state index in [9.17, 15) is 14.7 Å². The molecule has 0 bridgehead atoms. The normalized spacial score (nSPS) is 12.5. The topological polar surface area (TPSA) is 129 Å². The lowest BCUT2D eigenvalue weighted by atomic mass is 9.89. The molecule has 1 aliphatic carbocycles. The van der Waals surface area contributed by atoms with E-state index in [1.165, 1.54) is 31.1 Å². The number of amides is 1. The fourth-order valence-electron chi connectivity index (χ4n) is 4.14. The molecule has 1 amide bonds. The summed E-state index contributed by atoms with van der Waals surface area (Å²) in [7, 11) is 0. The van der Waals surface area contributed by atoms with E-state index in [4.69, 9.17) is 15.6 Å². The number of hydrogen-bond acceptors (Lipinski definition) is 5. The fourth-order valence-corrected chi connectivity index (χ4v) is 4.14. The van der Waals surface area contributed by atoms with Crippen LogP contribution in [0.5, 0.6) is 0 Å². The Labute approximate surface area is 210 Å². The van der Waals surface area contributed by atoms with E-state index < -0.39 is 5.97 Å². The molecule has 1 heterocycles. The minimum absolute atomic E-state index is 0.0293. The fraction of sp³-hybridized carbons (Fsp3) is 0.276. The molecule has 5 N–H and O–H groups in total. The summed E-state index contributed by atoms with van der Waals surface area (Å²) in [6, 6.07) is 10.2. The first-order valence-corrected chi connectivity index (χ1v) is 12.2. The summed E-state index contributed by atoms with van der Waals surface area (Å²) in [6.07, 6.45) is 11.5. The SMILES string of the molecule is C\C=C(/C(=C\C=C\C(=O)NCCCCCCC)C(=O)O)c1c2ccc(=N)cc-2oc2cc(N)ccc12. The number of nitrogen functional groups attached to an aromatic ring is 1. The highest BCUT2D eigenvalue weighted by Crippen LogP contribution is 2.40. The zero-order chi connectivity index (χ0) is 26.1. The van der Waals surface area contributed by atoms with Gasteiger partial charge < -0.3 is 26.0 Å². The number of unbranched alkanes of at least 4 members (excludes halogenated alkanes) is 4. The maximum absolute atomic E-state index is 12.3. The molecule has 0 saturated carbocycles. The van der Waals surface area contributed by atoms with Crippen LogP contribution >= 0.6 is 0 Å². The number of carbonyl (C=O) groups is 2. The molecule has 0 spiro atoms. The Morgan fingerprint density at radius 3 is 2.61 bits per heavy atom. The summed E-state index contributed by atoms with van der Waals surface area (Å²) in [5, 5.41) is 21.8. The van der Waals surface area contributed by atoms with Crippen LogP contribution in [-0.4, -0.2) is 23.5 Å². The van der Waals surface area contributed by atoms with Crippen LogP contribution in [-0.2, 0) is 9.59 Å². The van der Waals surface area contributed by atoms with Gasteiger partial charge in [0.25, 0.3) is 0 Å². The molecule has 7 heteroatoms. The van der Waals surface area contributed by atoms with E-state index >= 15 is 0 Å². The quantitative estimate of drug-likeness (QED) is 0.0912. The van der Waals surface area contributed by atoms with Crippen molar-refractivity contribution in [2.75, 3.05) is 12.3 Å². The number of anilines is 1. The molecule has 1 aromatic carbocycles. The first kappa shape index (κ1) is 26.5. The Bertz CT molecular complexity index is 1360. The van der Waals surface area contributed by atoms with Crippen LogP contribution in [0, 0.1) is 5.41 Å². The van der Waals surface area contributed by atoms with Gasteiger partial charge in [0, 0.05) is 47.0 Å². The van der Waals surface area contributed by atoms with Crippen molar-refractivity contribution in [1.82, 2.24) is 5.32 Å². The lowest BCUT2D eigenvalue weighted by Gasteiger charge is -2.18. The van der Waals surface area contributed by atoms with Crippen LogP contribution in [0.4, 0.5) is 5.69 Å². The van der Waals surface area contributed by atoms with Gasteiger partial charge in [-0.15, -0.1) is 0 Å². The third kappa shape index (κ3) is 6.50. The second-order valence-electron chi connectivity index (χ2n) is 8.60. The maximum atomic E-state index is 12.3. The van der Waals surface area contributed by atoms with Gasteiger partial charge in [-0.05, 0) is 49.3 Å². The molecule has 0 atom stereocenters. The summed E-state index contributed by atoms with van der Waals surface area (Å²) >= 11 is 0. The largest absolute Gasteiger partial charge is 0.478 e. The van der Waals surface area contributed by atoms with E-state index in [-0.39, 0.29) is 16.8 Å². The highest BCUT2D eigenvalue weighted by Gasteiger charge is 2.23. The number of benzene rings is 2. The number of fused-ring (bicyclic) bond motifs is 2. The van der Waals surface area contributed by atoms with Gasteiger partial charge in [0.15, 0.2) is 0 Å². The molecule has 0 unspecified atom stereocenters. The van der Waals surface area contributed by atoms with Gasteiger partial charge in [-0.3, -0.25) is 4.79 Å². The van der Waals surface area contributed by atoms with Crippen LogP contribution in [0.1, 0.15) is 51.5 Å². The number of carbonyl (C=O) groups excluding carboxylic acids is 1. The molecule has 1 aliphatic heterocycles. The number of carboxylic acids is 1. The molecule has 0 radical (unpaired) electrons.